The molecule has 2 rings (SSSR count). The summed E-state index contributed by atoms with van der Waals surface area (Å²) in [7, 11) is -5.04. The van der Waals surface area contributed by atoms with E-state index < -0.39 is 41.3 Å². The molecule has 1 fully saturated rings. The lowest BCUT2D eigenvalue weighted by atomic mass is 10.1. The summed E-state index contributed by atoms with van der Waals surface area (Å²) in [6.45, 7) is 8.75. The molecule has 0 radical (unpaired) electrons. The molecule has 0 bridgehead atoms. The van der Waals surface area contributed by atoms with Gasteiger partial charge in [-0.05, 0) is 19.4 Å². The number of nitrogens with zero attached hydrogens (tertiary/aromatic N) is 2. The zero-order chi connectivity index (χ0) is 21.2. The van der Waals surface area contributed by atoms with Gasteiger partial charge in [0.05, 0.1) is 5.75 Å². The number of carbonyl (C=O) groups is 2. The van der Waals surface area contributed by atoms with Gasteiger partial charge < -0.3 is 10.1 Å². The van der Waals surface area contributed by atoms with E-state index in [1.165, 1.54) is 11.2 Å². The number of hydrogen-bond acceptors (Lipinski definition) is 5. The van der Waals surface area contributed by atoms with Gasteiger partial charge in [-0.25, -0.2) is 18.1 Å². The molecule has 0 aromatic carbocycles. The van der Waals surface area contributed by atoms with Gasteiger partial charge in [0.15, 0.2) is 0 Å². The van der Waals surface area contributed by atoms with E-state index >= 15 is 0 Å². The molecule has 1 unspecified atom stereocenters. The molecule has 3 amide bonds. The maximum atomic E-state index is 12.8. The number of hydrogen-bond donors (Lipinski definition) is 1. The Labute approximate surface area is 168 Å². The van der Waals surface area contributed by atoms with Gasteiger partial charge in [0.2, 0.25) is 10.0 Å². The Morgan fingerprint density at radius 2 is 2.04 bits per heavy atom. The summed E-state index contributed by atoms with van der Waals surface area (Å²) < 4.78 is 32.3. The summed E-state index contributed by atoms with van der Waals surface area (Å²) in [5.74, 6) is 1.42. The Bertz CT molecular complexity index is 812. The van der Waals surface area contributed by atoms with Gasteiger partial charge in [0.1, 0.15) is 12.3 Å². The molecule has 28 heavy (non-hydrogen) atoms. The second-order valence-corrected chi connectivity index (χ2v) is 16.2. The van der Waals surface area contributed by atoms with Crippen LogP contribution in [0.4, 0.5) is 4.79 Å². The fraction of sp³-hybridized carbons (Fsp3) is 0.667. The summed E-state index contributed by atoms with van der Waals surface area (Å²) >= 11 is 0. The van der Waals surface area contributed by atoms with Gasteiger partial charge in [-0.2, -0.15) is 4.31 Å². The summed E-state index contributed by atoms with van der Waals surface area (Å²) in [4.78, 5) is 25.9. The van der Waals surface area contributed by atoms with Crippen LogP contribution in [0.25, 0.3) is 0 Å². The average Bonchev–Trinajstić information content (AvgIpc) is 2.79. The zero-order valence-electron chi connectivity index (χ0n) is 16.9. The summed E-state index contributed by atoms with van der Waals surface area (Å²) in [6.07, 6.45) is 7.49. The van der Waals surface area contributed by atoms with Crippen molar-refractivity contribution in [2.45, 2.75) is 44.6 Å². The minimum Gasteiger partial charge on any atom is -0.361 e. The number of carbonyl (C=O) groups excluding carboxylic acids is 2. The topological polar surface area (TPSA) is 96.0 Å². The number of ether oxygens (including phenoxy) is 1. The first-order valence-electron chi connectivity index (χ1n) is 9.23. The van der Waals surface area contributed by atoms with Crippen LogP contribution in [0.1, 0.15) is 13.3 Å². The Balaban J connectivity index is 2.00. The van der Waals surface area contributed by atoms with Gasteiger partial charge in [-0.15, -0.1) is 6.42 Å². The summed E-state index contributed by atoms with van der Waals surface area (Å²) in [5.41, 5.74) is -0.752. The number of nitrogens with one attached hydrogen (secondary N) is 1. The van der Waals surface area contributed by atoms with E-state index in [0.717, 1.165) is 16.5 Å². The van der Waals surface area contributed by atoms with E-state index in [2.05, 4.69) is 30.9 Å². The molecule has 8 nitrogen and oxygen atoms in total. The number of urea groups is 1. The first kappa shape index (κ1) is 22.6. The van der Waals surface area contributed by atoms with Crippen LogP contribution in [0.2, 0.25) is 25.7 Å². The minimum atomic E-state index is -3.76. The number of terminal acetylenes is 1. The molecule has 2 aliphatic rings. The van der Waals surface area contributed by atoms with Crippen molar-refractivity contribution in [1.82, 2.24) is 14.5 Å². The fourth-order valence-corrected chi connectivity index (χ4v) is 5.52. The third-order valence-electron chi connectivity index (χ3n) is 4.78. The van der Waals surface area contributed by atoms with Crippen molar-refractivity contribution in [1.29, 1.82) is 0 Å². The normalized spacial score (nSPS) is 24.1. The van der Waals surface area contributed by atoms with Gasteiger partial charge >= 0.3 is 6.03 Å². The highest BCUT2D eigenvalue weighted by atomic mass is 32.2. The molecular formula is C18H29N3O5SSi. The highest BCUT2D eigenvalue weighted by molar-refractivity contribution is 7.89. The molecule has 1 atom stereocenters. The first-order chi connectivity index (χ1) is 12.9. The van der Waals surface area contributed by atoms with Crippen molar-refractivity contribution >= 4 is 30.0 Å². The van der Waals surface area contributed by atoms with Crippen molar-refractivity contribution in [2.24, 2.45) is 0 Å². The fourth-order valence-electron chi connectivity index (χ4n) is 2.99. The third-order valence-corrected chi connectivity index (χ3v) is 8.55. The van der Waals surface area contributed by atoms with Gasteiger partial charge in [-0.1, -0.05) is 31.6 Å². The van der Waals surface area contributed by atoms with Crippen molar-refractivity contribution < 1.29 is 22.7 Å². The first-order valence-corrected chi connectivity index (χ1v) is 14.5. The molecule has 1 saturated heterocycles. The van der Waals surface area contributed by atoms with E-state index in [9.17, 15) is 18.0 Å². The summed E-state index contributed by atoms with van der Waals surface area (Å²) in [5, 5.41) is 2.51. The van der Waals surface area contributed by atoms with Crippen LogP contribution in [0.15, 0.2) is 11.6 Å². The molecule has 0 saturated carbocycles. The Morgan fingerprint density at radius 1 is 1.36 bits per heavy atom. The summed E-state index contributed by atoms with van der Waals surface area (Å²) in [6, 6.07) is 0.272. The largest absolute Gasteiger partial charge is 0.361 e. The van der Waals surface area contributed by atoms with Crippen LogP contribution in [-0.4, -0.2) is 75.4 Å². The molecule has 0 spiro atoms. The van der Waals surface area contributed by atoms with Crippen molar-refractivity contribution in [3.05, 3.63) is 11.6 Å². The van der Waals surface area contributed by atoms with Gasteiger partial charge in [-0.3, -0.25) is 4.79 Å². The molecule has 156 valence electrons. The van der Waals surface area contributed by atoms with Crippen LogP contribution in [0, 0.1) is 12.3 Å². The number of sulfonamides is 1. The highest BCUT2D eigenvalue weighted by Crippen LogP contribution is 2.23. The Morgan fingerprint density at radius 3 is 2.57 bits per heavy atom. The predicted molar refractivity (Wildman–Crippen MR) is 110 cm³/mol. The quantitative estimate of drug-likeness (QED) is 0.272. The lowest BCUT2D eigenvalue weighted by Crippen LogP contribution is -2.53. The second-order valence-electron chi connectivity index (χ2n) is 8.58. The van der Waals surface area contributed by atoms with Crippen LogP contribution in [0.3, 0.4) is 0 Å². The SMILES string of the molecule is C#CC1=CCN(S(=O)(=O)CC2(C)NC(=O)N(COCC[Si](C)(C)C)C2=O)CC1. The lowest BCUT2D eigenvalue weighted by Gasteiger charge is -2.28. The maximum absolute atomic E-state index is 12.8. The van der Waals surface area contributed by atoms with Crippen molar-refractivity contribution in [3.63, 3.8) is 0 Å². The van der Waals surface area contributed by atoms with E-state index in [1.54, 1.807) is 6.08 Å². The lowest BCUT2D eigenvalue weighted by molar-refractivity contribution is -0.133. The van der Waals surface area contributed by atoms with Crippen LogP contribution < -0.4 is 5.32 Å². The van der Waals surface area contributed by atoms with Crippen molar-refractivity contribution in [3.8, 4) is 12.3 Å². The molecule has 10 heteroatoms. The zero-order valence-corrected chi connectivity index (χ0v) is 18.8. The molecule has 0 aromatic rings. The third kappa shape index (κ3) is 5.44. The van der Waals surface area contributed by atoms with Crippen molar-refractivity contribution in [2.75, 3.05) is 32.2 Å². The van der Waals surface area contributed by atoms with Crippen LogP contribution in [0.5, 0.6) is 0 Å². The smallest absolute Gasteiger partial charge is 0.326 e. The number of imide groups is 1. The van der Waals surface area contributed by atoms with E-state index in [0.29, 0.717) is 13.0 Å². The molecule has 2 heterocycles. The van der Waals surface area contributed by atoms with E-state index in [-0.39, 0.29) is 19.8 Å². The predicted octanol–water partition coefficient (Wildman–Crippen LogP) is 1.20. The molecule has 1 N–H and O–H groups in total. The number of amides is 3. The standard InChI is InChI=1S/C18H29N3O5SSi/c1-6-15-7-9-20(10-8-15)27(24,25)13-18(2)16(22)21(17(23)19-18)14-26-11-12-28(3,4)5/h1,7H,8-14H2,2-5H3,(H,19,23). The number of rotatable bonds is 8. The van der Waals surface area contributed by atoms with E-state index in [1.807, 2.05) is 0 Å². The maximum Gasteiger partial charge on any atom is 0.326 e. The molecular weight excluding hydrogens is 398 g/mol. The average molecular weight is 428 g/mol. The minimum absolute atomic E-state index is 0.170. The van der Waals surface area contributed by atoms with E-state index in [4.69, 9.17) is 11.2 Å². The second kappa shape index (κ2) is 8.37. The van der Waals surface area contributed by atoms with Crippen LogP contribution in [-0.2, 0) is 19.6 Å². The molecule has 0 aliphatic carbocycles. The Kier molecular flexibility index (Phi) is 6.76. The Hall–Kier alpha value is -1.67. The van der Waals surface area contributed by atoms with Gasteiger partial charge in [0.25, 0.3) is 5.91 Å². The van der Waals surface area contributed by atoms with Crippen LogP contribution >= 0.6 is 0 Å². The molecule has 2 aliphatic heterocycles. The highest BCUT2D eigenvalue weighted by Gasteiger charge is 2.51. The van der Waals surface area contributed by atoms with Gasteiger partial charge in [0, 0.05) is 33.3 Å². The molecule has 0 aromatic heterocycles. The monoisotopic (exact) mass is 427 g/mol.